The number of likely N-dealkylation sites (tertiary alicyclic amines) is 1. The van der Waals surface area contributed by atoms with E-state index in [-0.39, 0.29) is 12.0 Å². The number of methoxy groups -OCH3 is 1. The number of hydrogen-bond acceptors (Lipinski definition) is 5. The van der Waals surface area contributed by atoms with Crippen LogP contribution in [0.25, 0.3) is 5.69 Å². The Labute approximate surface area is 146 Å². The van der Waals surface area contributed by atoms with Gasteiger partial charge in [-0.25, -0.2) is 4.68 Å². The van der Waals surface area contributed by atoms with Gasteiger partial charge in [0.25, 0.3) is 0 Å². The molecule has 4 rings (SSSR count). The van der Waals surface area contributed by atoms with E-state index in [1.807, 2.05) is 23.0 Å². The minimum atomic E-state index is 0.125. The zero-order valence-electron chi connectivity index (χ0n) is 14.5. The van der Waals surface area contributed by atoms with E-state index in [0.717, 1.165) is 31.0 Å². The Bertz CT molecular complexity index is 828. The van der Waals surface area contributed by atoms with Crippen molar-refractivity contribution < 1.29 is 4.74 Å². The van der Waals surface area contributed by atoms with E-state index in [2.05, 4.69) is 50.5 Å². The molecule has 0 amide bonds. The summed E-state index contributed by atoms with van der Waals surface area (Å²) in [5.74, 6) is 0.235. The number of aromatic nitrogens is 5. The number of H-pyrrole nitrogens is 1. The quantitative estimate of drug-likeness (QED) is 0.769. The number of aryl methyl sites for hydroxylation is 1. The third kappa shape index (κ3) is 3.08. The third-order valence-electron chi connectivity index (χ3n) is 4.91. The van der Waals surface area contributed by atoms with E-state index >= 15 is 0 Å². The minimum Gasteiger partial charge on any atom is -0.379 e. The summed E-state index contributed by atoms with van der Waals surface area (Å²) >= 11 is 0. The molecule has 7 nitrogen and oxygen atoms in total. The molecule has 0 saturated carbocycles. The van der Waals surface area contributed by atoms with Gasteiger partial charge in [-0.05, 0) is 24.6 Å². The zero-order chi connectivity index (χ0) is 17.2. The van der Waals surface area contributed by atoms with Crippen molar-refractivity contribution in [3.63, 3.8) is 0 Å². The lowest BCUT2D eigenvalue weighted by Gasteiger charge is -2.17. The second-order valence-electron chi connectivity index (χ2n) is 6.49. The van der Waals surface area contributed by atoms with Crippen LogP contribution < -0.4 is 0 Å². The summed E-state index contributed by atoms with van der Waals surface area (Å²) in [5.41, 5.74) is 4.47. The van der Waals surface area contributed by atoms with Gasteiger partial charge in [0, 0.05) is 38.9 Å². The van der Waals surface area contributed by atoms with Gasteiger partial charge >= 0.3 is 0 Å². The van der Waals surface area contributed by atoms with Gasteiger partial charge < -0.3 is 4.74 Å². The van der Waals surface area contributed by atoms with E-state index in [1.54, 1.807) is 13.3 Å². The molecule has 3 aromatic rings. The fraction of sp³-hybridized carbons (Fsp3) is 0.389. The van der Waals surface area contributed by atoms with Crippen LogP contribution in [-0.4, -0.2) is 56.4 Å². The molecule has 1 aromatic carbocycles. The highest BCUT2D eigenvalue weighted by molar-refractivity contribution is 5.40. The van der Waals surface area contributed by atoms with Gasteiger partial charge in [-0.1, -0.05) is 18.2 Å². The Kier molecular flexibility index (Phi) is 4.33. The molecule has 2 atom stereocenters. The van der Waals surface area contributed by atoms with Crippen molar-refractivity contribution in [3.8, 4) is 5.69 Å². The van der Waals surface area contributed by atoms with Crippen molar-refractivity contribution in [1.29, 1.82) is 0 Å². The molecule has 1 aliphatic rings. The summed E-state index contributed by atoms with van der Waals surface area (Å²) in [7, 11) is 1.76. The Balaban J connectivity index is 1.54. The molecule has 3 heterocycles. The molecule has 0 bridgehead atoms. The highest BCUT2D eigenvalue weighted by atomic mass is 16.5. The number of para-hydroxylation sites is 1. The first-order valence-electron chi connectivity index (χ1n) is 8.46. The van der Waals surface area contributed by atoms with Crippen LogP contribution in [-0.2, 0) is 11.3 Å². The number of nitrogens with zero attached hydrogens (tertiary/aromatic N) is 5. The smallest absolute Gasteiger partial charge is 0.0894 e. The standard InChI is InChI=1S/C18H22N6O/c1-13-5-3-4-6-17(13)24-14(7-8-20-24)10-23-11-15(18(12-23)25-2)16-9-19-22-21-16/h3-9,15,18H,10-12H2,1-2H3,(H,19,21,22)/t15-,18+/m0/s1. The second-order valence-corrected chi connectivity index (χ2v) is 6.49. The van der Waals surface area contributed by atoms with Gasteiger partial charge in [0.2, 0.25) is 0 Å². The Morgan fingerprint density at radius 3 is 2.88 bits per heavy atom. The molecular formula is C18H22N6O. The minimum absolute atomic E-state index is 0.125. The molecule has 0 unspecified atom stereocenters. The zero-order valence-corrected chi connectivity index (χ0v) is 14.5. The number of rotatable bonds is 5. The summed E-state index contributed by atoms with van der Waals surface area (Å²) in [6.45, 7) is 4.69. The van der Waals surface area contributed by atoms with Crippen LogP contribution in [0.4, 0.5) is 0 Å². The lowest BCUT2D eigenvalue weighted by Crippen LogP contribution is -2.24. The van der Waals surface area contributed by atoms with Crippen LogP contribution in [0.5, 0.6) is 0 Å². The number of benzene rings is 1. The molecule has 2 aromatic heterocycles. The van der Waals surface area contributed by atoms with Crippen molar-refractivity contribution in [2.75, 3.05) is 20.2 Å². The molecular weight excluding hydrogens is 316 g/mol. The van der Waals surface area contributed by atoms with Crippen molar-refractivity contribution in [3.05, 3.63) is 59.7 Å². The lowest BCUT2D eigenvalue weighted by molar-refractivity contribution is 0.0955. The maximum absolute atomic E-state index is 5.69. The molecule has 1 aliphatic heterocycles. The van der Waals surface area contributed by atoms with E-state index in [0.29, 0.717) is 0 Å². The molecule has 25 heavy (non-hydrogen) atoms. The molecule has 0 aliphatic carbocycles. The number of nitrogens with one attached hydrogen (secondary N) is 1. The van der Waals surface area contributed by atoms with Gasteiger partial charge in [-0.3, -0.25) is 4.90 Å². The van der Waals surface area contributed by atoms with Crippen molar-refractivity contribution in [2.45, 2.75) is 25.5 Å². The average molecular weight is 338 g/mol. The summed E-state index contributed by atoms with van der Waals surface area (Å²) in [6, 6.07) is 10.4. The highest BCUT2D eigenvalue weighted by Crippen LogP contribution is 2.29. The molecule has 1 saturated heterocycles. The van der Waals surface area contributed by atoms with Crippen molar-refractivity contribution >= 4 is 0 Å². The van der Waals surface area contributed by atoms with Crippen molar-refractivity contribution in [1.82, 2.24) is 30.1 Å². The molecule has 130 valence electrons. The first kappa shape index (κ1) is 16.0. The van der Waals surface area contributed by atoms with Crippen LogP contribution in [0.1, 0.15) is 22.9 Å². The molecule has 0 spiro atoms. The maximum atomic E-state index is 5.69. The third-order valence-corrected chi connectivity index (χ3v) is 4.91. The molecule has 1 N–H and O–H groups in total. The predicted molar refractivity (Wildman–Crippen MR) is 93.5 cm³/mol. The normalized spacial score (nSPS) is 21.0. The predicted octanol–water partition coefficient (Wildman–Crippen LogP) is 1.91. The van der Waals surface area contributed by atoms with Gasteiger partial charge in [0.15, 0.2) is 0 Å². The average Bonchev–Trinajstić information content (AvgIpc) is 3.36. The first-order valence-corrected chi connectivity index (χ1v) is 8.46. The lowest BCUT2D eigenvalue weighted by atomic mass is 10.0. The first-order chi connectivity index (χ1) is 12.3. The van der Waals surface area contributed by atoms with Gasteiger partial charge in [-0.2, -0.15) is 20.5 Å². The fourth-order valence-corrected chi connectivity index (χ4v) is 3.59. The summed E-state index contributed by atoms with van der Waals surface area (Å²) < 4.78 is 7.71. The Hall–Kier alpha value is -2.51. The molecule has 0 radical (unpaired) electrons. The monoisotopic (exact) mass is 338 g/mol. The van der Waals surface area contributed by atoms with E-state index < -0.39 is 0 Å². The summed E-state index contributed by atoms with van der Waals surface area (Å²) in [4.78, 5) is 2.39. The topological polar surface area (TPSA) is 71.9 Å². The summed E-state index contributed by atoms with van der Waals surface area (Å²) in [6.07, 6.45) is 3.78. The van der Waals surface area contributed by atoms with Gasteiger partial charge in [-0.15, -0.1) is 0 Å². The van der Waals surface area contributed by atoms with Gasteiger partial charge in [0.1, 0.15) is 0 Å². The number of hydrogen-bond donors (Lipinski definition) is 1. The van der Waals surface area contributed by atoms with E-state index in [1.165, 1.54) is 11.3 Å². The van der Waals surface area contributed by atoms with Crippen LogP contribution in [0.15, 0.2) is 42.7 Å². The van der Waals surface area contributed by atoms with Gasteiger partial charge in [0.05, 0.1) is 29.4 Å². The molecule has 1 fully saturated rings. The second kappa shape index (κ2) is 6.78. The molecule has 7 heteroatoms. The largest absolute Gasteiger partial charge is 0.379 e. The van der Waals surface area contributed by atoms with Crippen LogP contribution in [0.2, 0.25) is 0 Å². The van der Waals surface area contributed by atoms with Crippen molar-refractivity contribution in [2.24, 2.45) is 0 Å². The highest BCUT2D eigenvalue weighted by Gasteiger charge is 2.35. The summed E-state index contributed by atoms with van der Waals surface area (Å²) in [5, 5.41) is 15.4. The van der Waals surface area contributed by atoms with E-state index in [9.17, 15) is 0 Å². The number of aromatic amines is 1. The van der Waals surface area contributed by atoms with Crippen LogP contribution in [0, 0.1) is 6.92 Å². The SMILES string of the molecule is CO[C@@H]1CN(Cc2ccnn2-c2ccccc2C)C[C@H]1c1cn[nH]n1. The Morgan fingerprint density at radius 1 is 1.24 bits per heavy atom. The fourth-order valence-electron chi connectivity index (χ4n) is 3.59. The Morgan fingerprint density at radius 2 is 2.12 bits per heavy atom. The number of ether oxygens (including phenoxy) is 1. The van der Waals surface area contributed by atoms with Crippen LogP contribution in [0.3, 0.4) is 0 Å². The van der Waals surface area contributed by atoms with E-state index in [4.69, 9.17) is 4.74 Å². The van der Waals surface area contributed by atoms with Crippen LogP contribution >= 0.6 is 0 Å². The maximum Gasteiger partial charge on any atom is 0.0894 e.